The highest BCUT2D eigenvalue weighted by Crippen LogP contribution is 2.38. The summed E-state index contributed by atoms with van der Waals surface area (Å²) in [6.45, 7) is 0.0716. The molecule has 3 aromatic rings. The molecule has 0 atom stereocenters. The highest BCUT2D eigenvalue weighted by atomic mass is 32.2. The zero-order valence-corrected chi connectivity index (χ0v) is 17.3. The van der Waals surface area contributed by atoms with Crippen molar-refractivity contribution in [2.75, 3.05) is 21.3 Å². The van der Waals surface area contributed by atoms with E-state index in [1.54, 1.807) is 30.3 Å². The Kier molecular flexibility index (Phi) is 6.41. The summed E-state index contributed by atoms with van der Waals surface area (Å²) in [4.78, 5) is 0.221. The summed E-state index contributed by atoms with van der Waals surface area (Å²) in [5, 5.41) is 0. The molecule has 0 aliphatic rings. The average molecular weight is 413 g/mol. The fourth-order valence-corrected chi connectivity index (χ4v) is 4.30. The van der Waals surface area contributed by atoms with E-state index in [1.807, 2.05) is 36.4 Å². The molecular formula is C22H23NO5S. The third-order valence-electron chi connectivity index (χ3n) is 4.45. The smallest absolute Gasteiger partial charge is 0.241 e. The van der Waals surface area contributed by atoms with Crippen LogP contribution in [0.25, 0.3) is 11.1 Å². The minimum atomic E-state index is -3.75. The lowest BCUT2D eigenvalue weighted by molar-refractivity contribution is 0.323. The first-order valence-electron chi connectivity index (χ1n) is 8.93. The summed E-state index contributed by atoms with van der Waals surface area (Å²) in [7, 11) is 0.793. The van der Waals surface area contributed by atoms with Gasteiger partial charge in [-0.25, -0.2) is 13.1 Å². The lowest BCUT2D eigenvalue weighted by Gasteiger charge is -2.15. The van der Waals surface area contributed by atoms with Crippen LogP contribution in [-0.4, -0.2) is 29.7 Å². The molecule has 3 rings (SSSR count). The topological polar surface area (TPSA) is 73.9 Å². The van der Waals surface area contributed by atoms with Crippen LogP contribution < -0.4 is 18.9 Å². The third-order valence-corrected chi connectivity index (χ3v) is 5.91. The van der Waals surface area contributed by atoms with Crippen molar-refractivity contribution in [3.8, 4) is 28.4 Å². The van der Waals surface area contributed by atoms with E-state index in [4.69, 9.17) is 14.2 Å². The van der Waals surface area contributed by atoms with Gasteiger partial charge in [-0.2, -0.15) is 0 Å². The fraction of sp³-hybridized carbons (Fsp3) is 0.182. The molecule has 0 radical (unpaired) electrons. The monoisotopic (exact) mass is 413 g/mol. The van der Waals surface area contributed by atoms with Crippen molar-refractivity contribution in [3.05, 3.63) is 72.3 Å². The summed E-state index contributed by atoms with van der Waals surface area (Å²) in [5.74, 6) is 1.38. The van der Waals surface area contributed by atoms with Crippen LogP contribution in [0, 0.1) is 0 Å². The first kappa shape index (κ1) is 20.7. The number of rotatable bonds is 8. The van der Waals surface area contributed by atoms with Gasteiger partial charge in [0, 0.05) is 12.1 Å². The fourth-order valence-electron chi connectivity index (χ4n) is 3.05. The predicted octanol–water partition coefficient (Wildman–Crippen LogP) is 3.86. The van der Waals surface area contributed by atoms with Crippen molar-refractivity contribution >= 4 is 10.0 Å². The zero-order chi connectivity index (χ0) is 20.9. The van der Waals surface area contributed by atoms with E-state index in [0.717, 1.165) is 5.56 Å². The molecule has 0 amide bonds. The van der Waals surface area contributed by atoms with Gasteiger partial charge in [0.05, 0.1) is 26.2 Å². The Morgan fingerprint density at radius 1 is 0.793 bits per heavy atom. The van der Waals surface area contributed by atoms with Crippen molar-refractivity contribution in [2.24, 2.45) is 0 Å². The molecule has 152 valence electrons. The number of hydrogen-bond donors (Lipinski definition) is 1. The number of hydrogen-bond acceptors (Lipinski definition) is 5. The van der Waals surface area contributed by atoms with Gasteiger partial charge in [-0.1, -0.05) is 48.5 Å². The molecule has 3 aromatic carbocycles. The first-order valence-corrected chi connectivity index (χ1v) is 10.4. The Hall–Kier alpha value is -3.03. The number of sulfonamides is 1. The van der Waals surface area contributed by atoms with Crippen molar-refractivity contribution in [1.29, 1.82) is 0 Å². The standard InChI is InChI=1S/C22H23NO5S/c1-26-19-13-16(14-20(27-2)22(19)28-3)15-23-29(24,25)21-12-8-7-11-18(21)17-9-5-4-6-10-17/h4-14,23H,15H2,1-3H3. The number of methoxy groups -OCH3 is 3. The summed E-state index contributed by atoms with van der Waals surface area (Å²) in [6, 6.07) is 19.8. The maximum absolute atomic E-state index is 13.0. The van der Waals surface area contributed by atoms with Gasteiger partial charge in [-0.05, 0) is 29.3 Å². The summed E-state index contributed by atoms with van der Waals surface area (Å²) < 4.78 is 44.7. The van der Waals surface area contributed by atoms with Gasteiger partial charge in [-0.15, -0.1) is 0 Å². The van der Waals surface area contributed by atoms with Crippen LogP contribution in [0.4, 0.5) is 0 Å². The molecule has 0 aliphatic carbocycles. The van der Waals surface area contributed by atoms with Gasteiger partial charge in [0.25, 0.3) is 0 Å². The van der Waals surface area contributed by atoms with E-state index in [-0.39, 0.29) is 11.4 Å². The molecule has 7 heteroatoms. The van der Waals surface area contributed by atoms with Gasteiger partial charge in [0.1, 0.15) is 0 Å². The Morgan fingerprint density at radius 2 is 1.38 bits per heavy atom. The van der Waals surface area contributed by atoms with E-state index >= 15 is 0 Å². The second-order valence-electron chi connectivity index (χ2n) is 6.22. The van der Waals surface area contributed by atoms with Crippen LogP contribution in [0.15, 0.2) is 71.6 Å². The molecule has 0 aromatic heterocycles. The Bertz CT molecular complexity index is 1060. The Balaban J connectivity index is 1.91. The minimum Gasteiger partial charge on any atom is -0.493 e. The van der Waals surface area contributed by atoms with Crippen molar-refractivity contribution in [3.63, 3.8) is 0 Å². The molecule has 0 spiro atoms. The van der Waals surface area contributed by atoms with Gasteiger partial charge in [0.2, 0.25) is 15.8 Å². The quantitative estimate of drug-likeness (QED) is 0.607. The van der Waals surface area contributed by atoms with Crippen LogP contribution in [0.1, 0.15) is 5.56 Å². The molecule has 0 unspecified atom stereocenters. The lowest BCUT2D eigenvalue weighted by atomic mass is 10.1. The van der Waals surface area contributed by atoms with Crippen LogP contribution >= 0.6 is 0 Å². The molecule has 0 fully saturated rings. The Morgan fingerprint density at radius 3 is 1.97 bits per heavy atom. The van der Waals surface area contributed by atoms with Crippen LogP contribution in [0.5, 0.6) is 17.2 Å². The summed E-state index contributed by atoms with van der Waals surface area (Å²) in [5.41, 5.74) is 2.16. The summed E-state index contributed by atoms with van der Waals surface area (Å²) >= 11 is 0. The predicted molar refractivity (Wildman–Crippen MR) is 112 cm³/mol. The molecule has 6 nitrogen and oxygen atoms in total. The maximum Gasteiger partial charge on any atom is 0.241 e. The molecule has 0 heterocycles. The molecule has 0 aliphatic heterocycles. The SMILES string of the molecule is COc1cc(CNS(=O)(=O)c2ccccc2-c2ccccc2)cc(OC)c1OC. The zero-order valence-electron chi connectivity index (χ0n) is 16.5. The van der Waals surface area contributed by atoms with Crippen molar-refractivity contribution < 1.29 is 22.6 Å². The minimum absolute atomic E-state index is 0.0716. The lowest BCUT2D eigenvalue weighted by Crippen LogP contribution is -2.24. The van der Waals surface area contributed by atoms with Gasteiger partial charge in [0.15, 0.2) is 11.5 Å². The van der Waals surface area contributed by atoms with Crippen LogP contribution in [-0.2, 0) is 16.6 Å². The average Bonchev–Trinajstić information content (AvgIpc) is 2.77. The second kappa shape index (κ2) is 8.98. The van der Waals surface area contributed by atoms with Gasteiger partial charge < -0.3 is 14.2 Å². The van der Waals surface area contributed by atoms with E-state index in [9.17, 15) is 8.42 Å². The van der Waals surface area contributed by atoms with Gasteiger partial charge in [-0.3, -0.25) is 0 Å². The molecule has 0 saturated carbocycles. The van der Waals surface area contributed by atoms with Gasteiger partial charge >= 0.3 is 0 Å². The number of benzene rings is 3. The van der Waals surface area contributed by atoms with Crippen LogP contribution in [0.2, 0.25) is 0 Å². The highest BCUT2D eigenvalue weighted by molar-refractivity contribution is 7.89. The van der Waals surface area contributed by atoms with E-state index in [0.29, 0.717) is 28.4 Å². The number of ether oxygens (including phenoxy) is 3. The van der Waals surface area contributed by atoms with Crippen LogP contribution in [0.3, 0.4) is 0 Å². The normalized spacial score (nSPS) is 11.1. The Labute approximate surface area is 171 Å². The third kappa shape index (κ3) is 4.52. The molecular weight excluding hydrogens is 390 g/mol. The van der Waals surface area contributed by atoms with E-state index in [1.165, 1.54) is 21.3 Å². The van der Waals surface area contributed by atoms with Crippen molar-refractivity contribution in [1.82, 2.24) is 4.72 Å². The molecule has 0 bridgehead atoms. The van der Waals surface area contributed by atoms with Crippen molar-refractivity contribution in [2.45, 2.75) is 11.4 Å². The van der Waals surface area contributed by atoms with E-state index in [2.05, 4.69) is 4.72 Å². The molecule has 0 saturated heterocycles. The summed E-state index contributed by atoms with van der Waals surface area (Å²) in [6.07, 6.45) is 0. The first-order chi connectivity index (χ1) is 14.0. The molecule has 29 heavy (non-hydrogen) atoms. The molecule has 1 N–H and O–H groups in total. The second-order valence-corrected chi connectivity index (χ2v) is 7.96. The number of nitrogens with one attached hydrogen (secondary N) is 1. The van der Waals surface area contributed by atoms with E-state index < -0.39 is 10.0 Å². The highest BCUT2D eigenvalue weighted by Gasteiger charge is 2.20. The maximum atomic E-state index is 13.0. The largest absolute Gasteiger partial charge is 0.493 e.